The van der Waals surface area contributed by atoms with Gasteiger partial charge < -0.3 is 14.8 Å². The van der Waals surface area contributed by atoms with E-state index in [1.54, 1.807) is 65.8 Å². The number of ether oxygens (including phenoxy) is 2. The first-order chi connectivity index (χ1) is 13.4. The van der Waals surface area contributed by atoms with Crippen LogP contribution in [0.4, 0.5) is 4.79 Å². The Balaban J connectivity index is 2.26. The third-order valence-electron chi connectivity index (χ3n) is 3.67. The predicted octanol–water partition coefficient (Wildman–Crippen LogP) is 3.88. The lowest BCUT2D eigenvalue weighted by atomic mass is 10.1. The number of amides is 1. The van der Waals surface area contributed by atoms with Gasteiger partial charge in [0.25, 0.3) is 0 Å². The van der Waals surface area contributed by atoms with Gasteiger partial charge in [-0.1, -0.05) is 6.07 Å². The van der Waals surface area contributed by atoms with Crippen LogP contribution in [0.2, 0.25) is 0 Å². The molecule has 1 aromatic carbocycles. The van der Waals surface area contributed by atoms with Crippen molar-refractivity contribution in [2.45, 2.75) is 65.2 Å². The van der Waals surface area contributed by atoms with Crippen molar-refractivity contribution in [2.75, 3.05) is 0 Å². The lowest BCUT2D eigenvalue weighted by molar-refractivity contribution is -0.157. The quantitative estimate of drug-likeness (QED) is 0.786. The number of esters is 1. The highest BCUT2D eigenvalue weighted by molar-refractivity contribution is 5.83. The summed E-state index contributed by atoms with van der Waals surface area (Å²) in [6.45, 7) is 10.5. The first kappa shape index (κ1) is 22.2. The van der Waals surface area contributed by atoms with Gasteiger partial charge in [-0.15, -0.1) is 0 Å². The molecule has 0 aliphatic carbocycles. The molecule has 7 nitrogen and oxygen atoms in total. The maximum atomic E-state index is 12.7. The number of hydrogen-bond acceptors (Lipinski definition) is 6. The molecule has 0 aliphatic heterocycles. The van der Waals surface area contributed by atoms with Crippen LogP contribution < -0.4 is 5.32 Å². The average Bonchev–Trinajstić information content (AvgIpc) is 2.57. The molecule has 1 atom stereocenters. The number of nitriles is 1. The zero-order valence-corrected chi connectivity index (χ0v) is 17.7. The monoisotopic (exact) mass is 397 g/mol. The van der Waals surface area contributed by atoms with E-state index in [9.17, 15) is 9.59 Å². The largest absolute Gasteiger partial charge is 0.458 e. The van der Waals surface area contributed by atoms with Crippen molar-refractivity contribution in [3.63, 3.8) is 0 Å². The predicted molar refractivity (Wildman–Crippen MR) is 109 cm³/mol. The van der Waals surface area contributed by atoms with E-state index in [1.807, 2.05) is 6.07 Å². The molecular formula is C22H27N3O4. The van der Waals surface area contributed by atoms with Crippen LogP contribution in [0.15, 0.2) is 30.3 Å². The van der Waals surface area contributed by atoms with E-state index in [1.165, 1.54) is 0 Å². The van der Waals surface area contributed by atoms with E-state index in [2.05, 4.69) is 16.4 Å². The molecule has 1 aromatic heterocycles. The van der Waals surface area contributed by atoms with Gasteiger partial charge in [-0.3, -0.25) is 4.98 Å². The molecular weight excluding hydrogens is 370 g/mol. The van der Waals surface area contributed by atoms with Gasteiger partial charge in [0.1, 0.15) is 17.2 Å². The van der Waals surface area contributed by atoms with Gasteiger partial charge in [-0.05, 0) is 65.8 Å². The maximum Gasteiger partial charge on any atom is 0.408 e. The second kappa shape index (κ2) is 8.48. The second-order valence-electron chi connectivity index (χ2n) is 8.76. The fourth-order valence-electron chi connectivity index (χ4n) is 2.58. The highest BCUT2D eigenvalue weighted by Crippen LogP contribution is 2.17. The summed E-state index contributed by atoms with van der Waals surface area (Å²) < 4.78 is 10.7. The van der Waals surface area contributed by atoms with Crippen LogP contribution in [0, 0.1) is 11.3 Å². The summed E-state index contributed by atoms with van der Waals surface area (Å²) in [7, 11) is 0. The van der Waals surface area contributed by atoms with Crippen molar-refractivity contribution in [2.24, 2.45) is 0 Å². The van der Waals surface area contributed by atoms with Crippen LogP contribution in [-0.2, 0) is 20.7 Å². The topological polar surface area (TPSA) is 101 Å². The third kappa shape index (κ3) is 7.07. The maximum absolute atomic E-state index is 12.7. The Morgan fingerprint density at radius 1 is 1.07 bits per heavy atom. The van der Waals surface area contributed by atoms with Crippen molar-refractivity contribution >= 4 is 23.0 Å². The Morgan fingerprint density at radius 2 is 1.72 bits per heavy atom. The van der Waals surface area contributed by atoms with E-state index in [0.717, 1.165) is 5.39 Å². The van der Waals surface area contributed by atoms with Gasteiger partial charge in [0, 0.05) is 17.5 Å². The lowest BCUT2D eigenvalue weighted by Crippen LogP contribution is -2.47. The fraction of sp³-hybridized carbons (Fsp3) is 0.455. The van der Waals surface area contributed by atoms with Gasteiger partial charge in [-0.2, -0.15) is 5.26 Å². The van der Waals surface area contributed by atoms with Crippen LogP contribution in [0.5, 0.6) is 0 Å². The minimum absolute atomic E-state index is 0.143. The molecule has 29 heavy (non-hydrogen) atoms. The number of rotatable bonds is 4. The Kier molecular flexibility index (Phi) is 6.48. The van der Waals surface area contributed by atoms with Crippen molar-refractivity contribution < 1.29 is 19.1 Å². The van der Waals surface area contributed by atoms with Crippen molar-refractivity contribution in [3.8, 4) is 6.07 Å². The first-order valence-corrected chi connectivity index (χ1v) is 9.38. The van der Waals surface area contributed by atoms with Gasteiger partial charge in [0.05, 0.1) is 17.1 Å². The van der Waals surface area contributed by atoms with Gasteiger partial charge >= 0.3 is 12.1 Å². The molecule has 0 fully saturated rings. The summed E-state index contributed by atoms with van der Waals surface area (Å²) in [5.74, 6) is -0.565. The summed E-state index contributed by atoms with van der Waals surface area (Å²) in [5, 5.41) is 12.4. The Hall–Kier alpha value is -3.14. The number of alkyl carbamates (subject to hydrolysis) is 1. The van der Waals surface area contributed by atoms with Crippen LogP contribution in [0.3, 0.4) is 0 Å². The molecule has 2 aromatic rings. The first-order valence-electron chi connectivity index (χ1n) is 9.38. The minimum Gasteiger partial charge on any atom is -0.458 e. The summed E-state index contributed by atoms with van der Waals surface area (Å²) >= 11 is 0. The zero-order valence-electron chi connectivity index (χ0n) is 17.7. The lowest BCUT2D eigenvalue weighted by Gasteiger charge is -2.26. The summed E-state index contributed by atoms with van der Waals surface area (Å²) in [6.07, 6.45) is -0.558. The van der Waals surface area contributed by atoms with Crippen LogP contribution >= 0.6 is 0 Å². The number of carbonyl (C=O) groups excluding carboxylic acids is 2. The van der Waals surface area contributed by atoms with Gasteiger partial charge in [0.15, 0.2) is 0 Å². The molecule has 1 amide bonds. The normalized spacial score (nSPS) is 12.7. The molecule has 0 saturated heterocycles. The van der Waals surface area contributed by atoms with Gasteiger partial charge in [-0.25, -0.2) is 9.59 Å². The van der Waals surface area contributed by atoms with Crippen molar-refractivity contribution in [1.29, 1.82) is 5.26 Å². The zero-order chi connectivity index (χ0) is 21.8. The molecule has 1 N–H and O–H groups in total. The number of hydrogen-bond donors (Lipinski definition) is 1. The molecule has 2 rings (SSSR count). The summed E-state index contributed by atoms with van der Waals surface area (Å²) in [6, 6.07) is 9.92. The highest BCUT2D eigenvalue weighted by Gasteiger charge is 2.29. The van der Waals surface area contributed by atoms with E-state index >= 15 is 0 Å². The molecule has 1 heterocycles. The molecule has 0 radical (unpaired) electrons. The summed E-state index contributed by atoms with van der Waals surface area (Å²) in [4.78, 5) is 29.4. The number of nitrogens with one attached hydrogen (secondary N) is 1. The summed E-state index contributed by atoms with van der Waals surface area (Å²) in [5.41, 5.74) is 0.457. The number of benzene rings is 1. The number of pyridine rings is 1. The molecule has 0 bridgehead atoms. The molecule has 0 spiro atoms. The minimum atomic E-state index is -0.951. The standard InChI is InChI=1S/C22H27N3O4/c1-21(2,3)28-19(26)18(25-20(27)29-22(4,5)6)12-16-9-8-15-11-14(13-23)7-10-17(15)24-16/h7-11,18H,12H2,1-6H3,(H,25,27)/t18-/m0/s1. The number of nitrogens with zero attached hydrogens (tertiary/aromatic N) is 2. The number of fused-ring (bicyclic) bond motifs is 1. The highest BCUT2D eigenvalue weighted by atomic mass is 16.6. The van der Waals surface area contributed by atoms with Crippen LogP contribution in [0.1, 0.15) is 52.8 Å². The van der Waals surface area contributed by atoms with Crippen molar-refractivity contribution in [3.05, 3.63) is 41.6 Å². The van der Waals surface area contributed by atoms with E-state index in [-0.39, 0.29) is 6.42 Å². The average molecular weight is 397 g/mol. The Morgan fingerprint density at radius 3 is 2.31 bits per heavy atom. The molecule has 0 aliphatic rings. The number of carbonyl (C=O) groups is 2. The van der Waals surface area contributed by atoms with Crippen LogP contribution in [-0.4, -0.2) is 34.3 Å². The smallest absolute Gasteiger partial charge is 0.408 e. The van der Waals surface area contributed by atoms with Crippen molar-refractivity contribution in [1.82, 2.24) is 10.3 Å². The molecule has 0 saturated carbocycles. The molecule has 7 heteroatoms. The third-order valence-corrected chi connectivity index (χ3v) is 3.67. The van der Waals surface area contributed by atoms with Gasteiger partial charge in [0.2, 0.25) is 0 Å². The Bertz CT molecular complexity index is 949. The van der Waals surface area contributed by atoms with E-state index < -0.39 is 29.3 Å². The Labute approximate surface area is 171 Å². The van der Waals surface area contributed by atoms with Crippen LogP contribution in [0.25, 0.3) is 10.9 Å². The van der Waals surface area contributed by atoms with E-state index in [4.69, 9.17) is 14.7 Å². The molecule has 0 unspecified atom stereocenters. The molecule has 154 valence electrons. The van der Waals surface area contributed by atoms with E-state index in [0.29, 0.717) is 16.8 Å². The SMILES string of the molecule is CC(C)(C)OC(=O)N[C@@H](Cc1ccc2cc(C#N)ccc2n1)C(=O)OC(C)(C)C. The second-order valence-corrected chi connectivity index (χ2v) is 8.76. The number of aromatic nitrogens is 1. The fourth-order valence-corrected chi connectivity index (χ4v) is 2.58.